The van der Waals surface area contributed by atoms with E-state index in [0.717, 1.165) is 36.1 Å². The van der Waals surface area contributed by atoms with Gasteiger partial charge in [0.15, 0.2) is 0 Å². The molecule has 0 aromatic carbocycles. The highest BCUT2D eigenvalue weighted by atomic mass is 15.0. The lowest BCUT2D eigenvalue weighted by molar-refractivity contribution is -0.0482. The quantitative estimate of drug-likeness (QED) is 0.786. The van der Waals surface area contributed by atoms with E-state index in [-0.39, 0.29) is 5.54 Å². The molecule has 4 aliphatic rings. The van der Waals surface area contributed by atoms with Crippen LogP contribution in [0.1, 0.15) is 45.4 Å². The van der Waals surface area contributed by atoms with Crippen molar-refractivity contribution in [1.29, 1.82) is 0 Å². The molecule has 0 aliphatic heterocycles. The van der Waals surface area contributed by atoms with Crippen LogP contribution in [-0.4, -0.2) is 19.1 Å². The Labute approximate surface area is 106 Å². The van der Waals surface area contributed by atoms with Gasteiger partial charge in [-0.1, -0.05) is 0 Å². The normalized spacial score (nSPS) is 47.1. The highest BCUT2D eigenvalue weighted by Crippen LogP contribution is 2.58. The first-order chi connectivity index (χ1) is 8.13. The molecule has 4 saturated carbocycles. The summed E-state index contributed by atoms with van der Waals surface area (Å²) in [4.78, 5) is 0. The smallest absolute Gasteiger partial charge is 0.0275 e. The summed E-state index contributed by atoms with van der Waals surface area (Å²) in [6.45, 7) is 3.07. The predicted molar refractivity (Wildman–Crippen MR) is 71.7 cm³/mol. The second-order valence-electron chi connectivity index (χ2n) is 7.31. The summed E-state index contributed by atoms with van der Waals surface area (Å²) in [6.07, 6.45) is 8.98. The van der Waals surface area contributed by atoms with Gasteiger partial charge in [-0.3, -0.25) is 0 Å². The van der Waals surface area contributed by atoms with Gasteiger partial charge in [-0.2, -0.15) is 0 Å². The number of likely N-dealkylation sites (N-methyl/N-ethyl adjacent to an activating group) is 1. The van der Waals surface area contributed by atoms with Gasteiger partial charge >= 0.3 is 0 Å². The van der Waals surface area contributed by atoms with Gasteiger partial charge in [0, 0.05) is 12.1 Å². The highest BCUT2D eigenvalue weighted by molar-refractivity contribution is 5.01. The summed E-state index contributed by atoms with van der Waals surface area (Å²) in [5.74, 6) is 5.21. The van der Waals surface area contributed by atoms with Crippen LogP contribution in [0.2, 0.25) is 0 Å². The van der Waals surface area contributed by atoms with E-state index in [0.29, 0.717) is 0 Å². The van der Waals surface area contributed by atoms with Crippen LogP contribution < -0.4 is 11.1 Å². The molecule has 0 heterocycles. The summed E-state index contributed by atoms with van der Waals surface area (Å²) in [5, 5.41) is 3.46. The first kappa shape index (κ1) is 12.0. The molecule has 0 radical (unpaired) electrons. The van der Waals surface area contributed by atoms with E-state index in [1.165, 1.54) is 32.1 Å². The molecule has 2 nitrogen and oxygen atoms in total. The minimum Gasteiger partial charge on any atom is -0.329 e. The third kappa shape index (κ3) is 2.04. The van der Waals surface area contributed by atoms with Gasteiger partial charge in [0.1, 0.15) is 0 Å². The third-order valence-corrected chi connectivity index (χ3v) is 6.16. The molecule has 3 N–H and O–H groups in total. The minimum atomic E-state index is 0.167. The second kappa shape index (κ2) is 4.24. The molecule has 1 atom stereocenters. The van der Waals surface area contributed by atoms with Crippen molar-refractivity contribution >= 4 is 0 Å². The van der Waals surface area contributed by atoms with E-state index >= 15 is 0 Å². The van der Waals surface area contributed by atoms with Gasteiger partial charge in [0.05, 0.1) is 0 Å². The van der Waals surface area contributed by atoms with Crippen LogP contribution in [0.25, 0.3) is 0 Å². The first-order valence-electron chi connectivity index (χ1n) is 7.52. The average Bonchev–Trinajstić information content (AvgIpc) is 2.33. The number of nitrogens with two attached hydrogens (primary N) is 1. The molecule has 0 spiro atoms. The summed E-state index contributed by atoms with van der Waals surface area (Å²) in [6, 6.07) is 0. The molecule has 2 heteroatoms. The van der Waals surface area contributed by atoms with Crippen molar-refractivity contribution in [2.75, 3.05) is 13.6 Å². The van der Waals surface area contributed by atoms with E-state index in [1.54, 1.807) is 6.42 Å². The fourth-order valence-corrected chi connectivity index (χ4v) is 5.18. The number of hydrogen-bond donors (Lipinski definition) is 2. The van der Waals surface area contributed by atoms with Crippen molar-refractivity contribution in [3.05, 3.63) is 0 Å². The summed E-state index contributed by atoms with van der Waals surface area (Å²) in [7, 11) is 2.07. The number of rotatable bonds is 4. The minimum absolute atomic E-state index is 0.167. The molecule has 0 aromatic rings. The molecule has 98 valence electrons. The summed E-state index contributed by atoms with van der Waals surface area (Å²) < 4.78 is 0. The van der Waals surface area contributed by atoms with E-state index in [4.69, 9.17) is 5.73 Å². The number of hydrogen-bond acceptors (Lipinski definition) is 2. The van der Waals surface area contributed by atoms with Crippen molar-refractivity contribution in [2.45, 2.75) is 51.0 Å². The Morgan fingerprint density at radius 1 is 1.06 bits per heavy atom. The molecule has 0 amide bonds. The molecule has 0 aromatic heterocycles. The Balaban J connectivity index is 1.72. The molecular weight excluding hydrogens is 208 g/mol. The maximum atomic E-state index is 5.96. The van der Waals surface area contributed by atoms with Gasteiger partial charge in [-0.15, -0.1) is 0 Å². The SMILES string of the molecule is CNC(C)(CN)CC1C2CC3CC(C2)CC1C3. The molecule has 4 aliphatic carbocycles. The van der Waals surface area contributed by atoms with Crippen LogP contribution in [0.4, 0.5) is 0 Å². The topological polar surface area (TPSA) is 38.0 Å². The zero-order valence-corrected chi connectivity index (χ0v) is 11.4. The lowest BCUT2D eigenvalue weighted by Gasteiger charge is -2.56. The summed E-state index contributed by atoms with van der Waals surface area (Å²) in [5.41, 5.74) is 6.13. The van der Waals surface area contributed by atoms with Crippen LogP contribution in [0.5, 0.6) is 0 Å². The molecular formula is C15H28N2. The standard InChI is InChI=1S/C15H28N2/c1-15(9-16,17-2)8-14-12-4-10-3-11(6-12)7-13(14)5-10/h10-14,17H,3-9,16H2,1-2H3. The van der Waals surface area contributed by atoms with Gasteiger partial charge < -0.3 is 11.1 Å². The molecule has 4 bridgehead atoms. The third-order valence-electron chi connectivity index (χ3n) is 6.16. The molecule has 4 fully saturated rings. The lowest BCUT2D eigenvalue weighted by Crippen LogP contribution is -2.53. The van der Waals surface area contributed by atoms with Gasteiger partial charge in [0.2, 0.25) is 0 Å². The summed E-state index contributed by atoms with van der Waals surface area (Å²) >= 11 is 0. The first-order valence-corrected chi connectivity index (χ1v) is 7.52. The largest absolute Gasteiger partial charge is 0.329 e. The van der Waals surface area contributed by atoms with Crippen LogP contribution in [0.15, 0.2) is 0 Å². The molecule has 17 heavy (non-hydrogen) atoms. The zero-order valence-electron chi connectivity index (χ0n) is 11.4. The van der Waals surface area contributed by atoms with E-state index in [9.17, 15) is 0 Å². The predicted octanol–water partition coefficient (Wildman–Crippen LogP) is 2.39. The Hall–Kier alpha value is -0.0800. The second-order valence-corrected chi connectivity index (χ2v) is 7.31. The van der Waals surface area contributed by atoms with Crippen molar-refractivity contribution < 1.29 is 0 Å². The Bertz CT molecular complexity index is 255. The van der Waals surface area contributed by atoms with E-state index in [2.05, 4.69) is 19.3 Å². The maximum absolute atomic E-state index is 5.96. The van der Waals surface area contributed by atoms with Crippen LogP contribution in [0.3, 0.4) is 0 Å². The van der Waals surface area contributed by atoms with Crippen LogP contribution >= 0.6 is 0 Å². The molecule has 0 saturated heterocycles. The van der Waals surface area contributed by atoms with Gasteiger partial charge in [-0.25, -0.2) is 0 Å². The highest BCUT2D eigenvalue weighted by Gasteiger charge is 2.49. The van der Waals surface area contributed by atoms with Gasteiger partial charge in [-0.05, 0) is 82.1 Å². The maximum Gasteiger partial charge on any atom is 0.0275 e. The van der Waals surface area contributed by atoms with E-state index < -0.39 is 0 Å². The Kier molecular flexibility index (Phi) is 2.99. The Morgan fingerprint density at radius 3 is 2.00 bits per heavy atom. The zero-order chi connectivity index (χ0) is 12.0. The Morgan fingerprint density at radius 2 is 1.59 bits per heavy atom. The van der Waals surface area contributed by atoms with E-state index in [1.807, 2.05) is 0 Å². The number of nitrogens with one attached hydrogen (secondary N) is 1. The fraction of sp³-hybridized carbons (Fsp3) is 1.00. The van der Waals surface area contributed by atoms with Crippen molar-refractivity contribution in [1.82, 2.24) is 5.32 Å². The lowest BCUT2D eigenvalue weighted by atomic mass is 9.50. The molecule has 1 unspecified atom stereocenters. The monoisotopic (exact) mass is 236 g/mol. The van der Waals surface area contributed by atoms with Crippen molar-refractivity contribution in [2.24, 2.45) is 35.3 Å². The van der Waals surface area contributed by atoms with Crippen LogP contribution in [-0.2, 0) is 0 Å². The fourth-order valence-electron chi connectivity index (χ4n) is 5.18. The average molecular weight is 236 g/mol. The van der Waals surface area contributed by atoms with Gasteiger partial charge in [0.25, 0.3) is 0 Å². The molecule has 4 rings (SSSR count). The van der Waals surface area contributed by atoms with Crippen LogP contribution in [0, 0.1) is 29.6 Å². The van der Waals surface area contributed by atoms with Crippen molar-refractivity contribution in [3.8, 4) is 0 Å². The van der Waals surface area contributed by atoms with Crippen molar-refractivity contribution in [3.63, 3.8) is 0 Å².